The van der Waals surface area contributed by atoms with Crippen molar-refractivity contribution in [2.24, 2.45) is 25.7 Å². The minimum Gasteiger partial charge on any atom is -0.328 e. The normalized spacial score (nSPS) is 22.3. The Labute approximate surface area is 122 Å². The van der Waals surface area contributed by atoms with Crippen molar-refractivity contribution in [2.75, 3.05) is 13.6 Å². The third-order valence-electron chi connectivity index (χ3n) is 3.89. The quantitative estimate of drug-likeness (QED) is 0.723. The molecular weight excluding hydrogens is 296 g/mol. The van der Waals surface area contributed by atoms with E-state index in [4.69, 9.17) is 5.73 Å². The van der Waals surface area contributed by atoms with Gasteiger partial charge in [-0.1, -0.05) is 0 Å². The zero-order valence-corrected chi connectivity index (χ0v) is 13.1. The van der Waals surface area contributed by atoms with Gasteiger partial charge in [-0.3, -0.25) is 9.36 Å². The molecule has 0 saturated heterocycles. The summed E-state index contributed by atoms with van der Waals surface area (Å²) in [5.41, 5.74) is 4.31. The van der Waals surface area contributed by atoms with Crippen molar-refractivity contribution in [3.63, 3.8) is 0 Å². The summed E-state index contributed by atoms with van der Waals surface area (Å²) in [5, 5.41) is 0. The molecule has 0 amide bonds. The molecule has 2 N–H and O–H groups in total. The van der Waals surface area contributed by atoms with Crippen molar-refractivity contribution in [3.8, 4) is 0 Å². The van der Waals surface area contributed by atoms with Gasteiger partial charge >= 0.3 is 5.69 Å². The molecule has 1 aliphatic rings. The molecule has 0 bridgehead atoms. The van der Waals surface area contributed by atoms with E-state index < -0.39 is 26.2 Å². The van der Waals surface area contributed by atoms with Crippen LogP contribution in [0.15, 0.2) is 20.7 Å². The second kappa shape index (κ2) is 5.39. The van der Waals surface area contributed by atoms with Crippen molar-refractivity contribution in [2.45, 2.75) is 23.8 Å². The maximum atomic E-state index is 12.5. The van der Waals surface area contributed by atoms with Gasteiger partial charge in [0.2, 0.25) is 10.0 Å². The summed E-state index contributed by atoms with van der Waals surface area (Å²) in [7, 11) is 0.181. The average molecular weight is 316 g/mol. The van der Waals surface area contributed by atoms with Gasteiger partial charge in [0.15, 0.2) is 4.90 Å². The molecule has 21 heavy (non-hydrogen) atoms. The molecule has 1 aromatic heterocycles. The number of aromatic nitrogens is 2. The molecule has 0 radical (unpaired) electrons. The molecule has 0 spiro atoms. The van der Waals surface area contributed by atoms with Crippen LogP contribution in [0.3, 0.4) is 0 Å². The molecule has 1 aromatic rings. The first-order valence-corrected chi connectivity index (χ1v) is 8.07. The minimum absolute atomic E-state index is 0.136. The summed E-state index contributed by atoms with van der Waals surface area (Å²) < 4.78 is 28.0. The van der Waals surface area contributed by atoms with Crippen molar-refractivity contribution in [1.29, 1.82) is 0 Å². The van der Waals surface area contributed by atoms with E-state index in [9.17, 15) is 18.0 Å². The van der Waals surface area contributed by atoms with E-state index in [2.05, 4.69) is 0 Å². The highest BCUT2D eigenvalue weighted by atomic mass is 32.2. The molecule has 118 valence electrons. The molecule has 1 fully saturated rings. The van der Waals surface area contributed by atoms with Crippen LogP contribution in [-0.4, -0.2) is 41.5 Å². The molecule has 1 saturated carbocycles. The lowest BCUT2D eigenvalue weighted by Gasteiger charge is -2.34. The maximum Gasteiger partial charge on any atom is 0.330 e. The predicted molar refractivity (Wildman–Crippen MR) is 77.4 cm³/mol. The van der Waals surface area contributed by atoms with Gasteiger partial charge in [0, 0.05) is 39.9 Å². The van der Waals surface area contributed by atoms with Gasteiger partial charge in [0.25, 0.3) is 5.56 Å². The largest absolute Gasteiger partial charge is 0.330 e. The molecular formula is C12H20N4O4S. The Hall–Kier alpha value is -1.45. The van der Waals surface area contributed by atoms with E-state index in [0.717, 1.165) is 32.5 Å². The summed E-state index contributed by atoms with van der Waals surface area (Å²) in [6, 6.07) is 0.136. The Kier molecular flexibility index (Phi) is 4.09. The van der Waals surface area contributed by atoms with Crippen LogP contribution >= 0.6 is 0 Å². The van der Waals surface area contributed by atoms with Crippen LogP contribution in [0.1, 0.15) is 12.8 Å². The highest BCUT2D eigenvalue weighted by Gasteiger charge is 2.32. The third kappa shape index (κ3) is 2.81. The second-order valence-corrected chi connectivity index (χ2v) is 7.65. The van der Waals surface area contributed by atoms with Gasteiger partial charge in [-0.15, -0.1) is 0 Å². The standard InChI is InChI=1S/C12H20N4O4S/c1-14-7-10(11(17)16(3)12(14)18)21(19,20)15(2)6-8-4-9(13)5-8/h7-9H,4-6,13H2,1-3H3. The summed E-state index contributed by atoms with van der Waals surface area (Å²) in [6.07, 6.45) is 2.64. The van der Waals surface area contributed by atoms with Gasteiger partial charge in [0.1, 0.15) is 0 Å². The number of aryl methyl sites for hydroxylation is 1. The van der Waals surface area contributed by atoms with Crippen LogP contribution in [0.4, 0.5) is 0 Å². The zero-order valence-electron chi connectivity index (χ0n) is 12.3. The SMILES string of the molecule is CN(CC1CC(N)C1)S(=O)(=O)c1cn(C)c(=O)n(C)c1=O. The Morgan fingerprint density at radius 1 is 1.33 bits per heavy atom. The molecule has 1 heterocycles. The Morgan fingerprint density at radius 2 is 1.90 bits per heavy atom. The van der Waals surface area contributed by atoms with E-state index in [1.54, 1.807) is 0 Å². The lowest BCUT2D eigenvalue weighted by atomic mass is 9.81. The first-order chi connectivity index (χ1) is 9.64. The molecule has 1 aliphatic carbocycles. The molecule has 0 atom stereocenters. The maximum absolute atomic E-state index is 12.5. The number of nitrogens with zero attached hydrogens (tertiary/aromatic N) is 3. The van der Waals surface area contributed by atoms with E-state index >= 15 is 0 Å². The fraction of sp³-hybridized carbons (Fsp3) is 0.667. The first kappa shape index (κ1) is 15.9. The Morgan fingerprint density at radius 3 is 2.43 bits per heavy atom. The van der Waals surface area contributed by atoms with Gasteiger partial charge in [-0.05, 0) is 18.8 Å². The molecule has 0 aromatic carbocycles. The monoisotopic (exact) mass is 316 g/mol. The first-order valence-electron chi connectivity index (χ1n) is 6.63. The van der Waals surface area contributed by atoms with Gasteiger partial charge < -0.3 is 10.3 Å². The van der Waals surface area contributed by atoms with Gasteiger partial charge in [0.05, 0.1) is 0 Å². The number of hydrogen-bond acceptors (Lipinski definition) is 5. The highest BCUT2D eigenvalue weighted by Crippen LogP contribution is 2.27. The molecule has 0 aliphatic heterocycles. The van der Waals surface area contributed by atoms with Crippen molar-refractivity contribution in [1.82, 2.24) is 13.4 Å². The van der Waals surface area contributed by atoms with Crippen LogP contribution in [0.2, 0.25) is 0 Å². The topological polar surface area (TPSA) is 107 Å². The zero-order chi connectivity index (χ0) is 15.9. The third-order valence-corrected chi connectivity index (χ3v) is 5.70. The minimum atomic E-state index is -3.92. The predicted octanol–water partition coefficient (Wildman–Crippen LogP) is -1.56. The smallest absolute Gasteiger partial charge is 0.328 e. The molecule has 2 rings (SSSR count). The molecule has 8 nitrogen and oxygen atoms in total. The number of nitrogens with two attached hydrogens (primary N) is 1. The van der Waals surface area contributed by atoms with Crippen LogP contribution in [0.5, 0.6) is 0 Å². The fourth-order valence-electron chi connectivity index (χ4n) is 2.52. The highest BCUT2D eigenvalue weighted by molar-refractivity contribution is 7.89. The molecule has 9 heteroatoms. The van der Waals surface area contributed by atoms with Crippen LogP contribution in [0.25, 0.3) is 0 Å². The summed E-state index contributed by atoms with van der Waals surface area (Å²) in [6.45, 7) is 0.321. The van der Waals surface area contributed by atoms with Gasteiger partial charge in [-0.25, -0.2) is 17.5 Å². The number of hydrogen-bond donors (Lipinski definition) is 1. The van der Waals surface area contributed by atoms with Gasteiger partial charge in [-0.2, -0.15) is 0 Å². The van der Waals surface area contributed by atoms with E-state index in [0.29, 0.717) is 6.54 Å². The van der Waals surface area contributed by atoms with Crippen LogP contribution in [0, 0.1) is 5.92 Å². The Bertz CT molecular complexity index is 758. The van der Waals surface area contributed by atoms with Crippen molar-refractivity contribution in [3.05, 3.63) is 27.0 Å². The lowest BCUT2D eigenvalue weighted by molar-refractivity contribution is 0.227. The van der Waals surface area contributed by atoms with E-state index in [1.807, 2.05) is 0 Å². The van der Waals surface area contributed by atoms with E-state index in [-0.39, 0.29) is 12.0 Å². The summed E-state index contributed by atoms with van der Waals surface area (Å²) in [4.78, 5) is 23.3. The molecule has 0 unspecified atom stereocenters. The average Bonchev–Trinajstić information content (AvgIpc) is 2.38. The van der Waals surface area contributed by atoms with Crippen molar-refractivity contribution < 1.29 is 8.42 Å². The summed E-state index contributed by atoms with van der Waals surface area (Å²) >= 11 is 0. The van der Waals surface area contributed by atoms with E-state index in [1.165, 1.54) is 21.1 Å². The lowest BCUT2D eigenvalue weighted by Crippen LogP contribution is -2.45. The number of rotatable bonds is 4. The number of sulfonamides is 1. The van der Waals surface area contributed by atoms with Crippen LogP contribution < -0.4 is 17.0 Å². The second-order valence-electron chi connectivity index (χ2n) is 5.63. The van der Waals surface area contributed by atoms with Crippen molar-refractivity contribution >= 4 is 10.0 Å². The Balaban J connectivity index is 2.36. The summed E-state index contributed by atoms with van der Waals surface area (Å²) in [5.74, 6) is 0.219. The fourth-order valence-corrected chi connectivity index (χ4v) is 3.91. The van der Waals surface area contributed by atoms with Crippen LogP contribution in [-0.2, 0) is 24.1 Å².